The highest BCUT2D eigenvalue weighted by atomic mass is 16.5. The molecule has 1 aromatic rings. The Hall–Kier alpha value is -1.75. The van der Waals surface area contributed by atoms with E-state index < -0.39 is 0 Å². The molecule has 0 radical (unpaired) electrons. The summed E-state index contributed by atoms with van der Waals surface area (Å²) in [7, 11) is 0. The Morgan fingerprint density at radius 3 is 2.41 bits per heavy atom. The van der Waals surface area contributed by atoms with Crippen molar-refractivity contribution in [2.75, 3.05) is 36.5 Å². The number of ether oxygens (including phenoxy) is 1. The Kier molecular flexibility index (Phi) is 6.63. The third kappa shape index (κ3) is 4.88. The summed E-state index contributed by atoms with van der Waals surface area (Å²) >= 11 is 0. The third-order valence-electron chi connectivity index (χ3n) is 7.60. The van der Waals surface area contributed by atoms with Crippen LogP contribution in [0.25, 0.3) is 0 Å². The van der Waals surface area contributed by atoms with Crippen molar-refractivity contribution >= 4 is 17.4 Å². The van der Waals surface area contributed by atoms with Crippen molar-refractivity contribution in [3.63, 3.8) is 0 Å². The van der Waals surface area contributed by atoms with E-state index in [1.54, 1.807) is 0 Å². The molecule has 0 spiro atoms. The molecule has 1 aliphatic heterocycles. The first-order valence-corrected chi connectivity index (χ1v) is 11.7. The lowest BCUT2D eigenvalue weighted by Gasteiger charge is -2.48. The second-order valence-electron chi connectivity index (χ2n) is 9.38. The predicted octanol–water partition coefficient (Wildman–Crippen LogP) is 5.17. The van der Waals surface area contributed by atoms with E-state index in [0.717, 1.165) is 44.3 Å². The Morgan fingerprint density at radius 2 is 1.69 bits per heavy atom. The number of benzene rings is 1. The molecule has 2 atom stereocenters. The topological polar surface area (TPSA) is 53.6 Å². The van der Waals surface area contributed by atoms with Crippen molar-refractivity contribution in [2.24, 2.45) is 11.3 Å². The maximum atomic E-state index is 12.8. The van der Waals surface area contributed by atoms with Gasteiger partial charge in [-0.15, -0.1) is 0 Å². The lowest BCUT2D eigenvalue weighted by atomic mass is 9.60. The Balaban J connectivity index is 1.35. The second kappa shape index (κ2) is 9.38. The maximum Gasteiger partial charge on any atom is 0.319 e. The van der Waals surface area contributed by atoms with Crippen molar-refractivity contribution in [1.29, 1.82) is 0 Å². The fourth-order valence-electron chi connectivity index (χ4n) is 5.75. The highest BCUT2D eigenvalue weighted by molar-refractivity contribution is 5.89. The molecule has 29 heavy (non-hydrogen) atoms. The predicted molar refractivity (Wildman–Crippen MR) is 119 cm³/mol. The van der Waals surface area contributed by atoms with Gasteiger partial charge < -0.3 is 20.3 Å². The fraction of sp³-hybridized carbons (Fsp3) is 0.708. The molecule has 4 rings (SSSR count). The molecule has 2 N–H and O–H groups in total. The number of nitrogens with zero attached hydrogens (tertiary/aromatic N) is 1. The van der Waals surface area contributed by atoms with Gasteiger partial charge in [-0.1, -0.05) is 39.0 Å². The molecule has 5 nitrogen and oxygen atoms in total. The summed E-state index contributed by atoms with van der Waals surface area (Å²) in [5.41, 5.74) is 2.29. The number of nitrogens with one attached hydrogen (secondary N) is 2. The van der Waals surface area contributed by atoms with Gasteiger partial charge in [-0.05, 0) is 61.3 Å². The number of carbonyl (C=O) groups is 1. The minimum atomic E-state index is -0.0574. The number of amides is 2. The number of rotatable bonds is 4. The van der Waals surface area contributed by atoms with Gasteiger partial charge in [0.05, 0.1) is 13.2 Å². The number of anilines is 2. The summed E-state index contributed by atoms with van der Waals surface area (Å²) in [5, 5.41) is 6.42. The molecule has 3 aliphatic rings. The molecule has 160 valence electrons. The number of carbonyl (C=O) groups excluding carboxylic acids is 1. The first-order valence-electron chi connectivity index (χ1n) is 11.7. The van der Waals surface area contributed by atoms with E-state index in [2.05, 4.69) is 34.6 Å². The van der Waals surface area contributed by atoms with Crippen LogP contribution in [0.3, 0.4) is 0 Å². The van der Waals surface area contributed by atoms with Crippen LogP contribution in [0.5, 0.6) is 0 Å². The van der Waals surface area contributed by atoms with Crippen LogP contribution in [0, 0.1) is 11.3 Å². The zero-order valence-electron chi connectivity index (χ0n) is 17.9. The molecule has 1 aromatic carbocycles. The number of morpholine rings is 1. The molecule has 0 aromatic heterocycles. The minimum Gasteiger partial charge on any atom is -0.378 e. The monoisotopic (exact) mass is 399 g/mol. The van der Waals surface area contributed by atoms with Gasteiger partial charge in [0.2, 0.25) is 0 Å². The van der Waals surface area contributed by atoms with Crippen LogP contribution >= 0.6 is 0 Å². The van der Waals surface area contributed by atoms with Gasteiger partial charge in [-0.25, -0.2) is 4.79 Å². The third-order valence-corrected chi connectivity index (χ3v) is 7.60. The van der Waals surface area contributed by atoms with Crippen LogP contribution in [0.2, 0.25) is 0 Å². The van der Waals surface area contributed by atoms with E-state index in [0.29, 0.717) is 0 Å². The van der Waals surface area contributed by atoms with Gasteiger partial charge >= 0.3 is 6.03 Å². The lowest BCUT2D eigenvalue weighted by molar-refractivity contribution is 0.0523. The minimum absolute atomic E-state index is 0.0574. The largest absolute Gasteiger partial charge is 0.378 e. The second-order valence-corrected chi connectivity index (χ2v) is 9.38. The quantitative estimate of drug-likeness (QED) is 0.734. The number of hydrogen-bond acceptors (Lipinski definition) is 3. The maximum absolute atomic E-state index is 12.8. The molecule has 1 heterocycles. The summed E-state index contributed by atoms with van der Waals surface area (Å²) in [6, 6.07) is 8.42. The van der Waals surface area contributed by atoms with Crippen LogP contribution in [0.15, 0.2) is 24.3 Å². The van der Waals surface area contributed by atoms with E-state index in [1.807, 2.05) is 12.1 Å². The van der Waals surface area contributed by atoms with E-state index in [1.165, 1.54) is 57.1 Å². The van der Waals surface area contributed by atoms with Crippen molar-refractivity contribution in [2.45, 2.75) is 70.8 Å². The van der Waals surface area contributed by atoms with Gasteiger partial charge in [-0.2, -0.15) is 0 Å². The van der Waals surface area contributed by atoms with Crippen molar-refractivity contribution < 1.29 is 9.53 Å². The van der Waals surface area contributed by atoms with Crippen LogP contribution in [-0.4, -0.2) is 38.4 Å². The van der Waals surface area contributed by atoms with E-state index >= 15 is 0 Å². The number of urea groups is 1. The number of hydrogen-bond donors (Lipinski definition) is 2. The molecule has 5 heteroatoms. The first-order chi connectivity index (χ1) is 14.1. The molecular weight excluding hydrogens is 362 g/mol. The van der Waals surface area contributed by atoms with Gasteiger partial charge in [0.15, 0.2) is 0 Å². The molecule has 2 amide bonds. The molecule has 3 fully saturated rings. The molecule has 2 aliphatic carbocycles. The van der Waals surface area contributed by atoms with E-state index in [-0.39, 0.29) is 17.5 Å². The summed E-state index contributed by atoms with van der Waals surface area (Å²) < 4.78 is 5.42. The molecular formula is C24H37N3O2. The zero-order chi connectivity index (χ0) is 20.1. The van der Waals surface area contributed by atoms with Crippen LogP contribution in [0.1, 0.15) is 64.7 Å². The highest BCUT2D eigenvalue weighted by Crippen LogP contribution is 2.48. The fourth-order valence-corrected chi connectivity index (χ4v) is 5.75. The zero-order valence-corrected chi connectivity index (χ0v) is 17.9. The van der Waals surface area contributed by atoms with Crippen molar-refractivity contribution in [3.05, 3.63) is 24.3 Å². The SMILES string of the molecule is CC1(C2CCCCC2)CCCCC1NC(=O)Nc1ccc(N2CCOCC2)cc1. The van der Waals surface area contributed by atoms with Gasteiger partial charge in [0.25, 0.3) is 0 Å². The average Bonchev–Trinajstić information content (AvgIpc) is 2.77. The molecule has 1 saturated heterocycles. The normalized spacial score (nSPS) is 28.7. The van der Waals surface area contributed by atoms with Gasteiger partial charge in [-0.3, -0.25) is 0 Å². The van der Waals surface area contributed by atoms with Crippen molar-refractivity contribution in [1.82, 2.24) is 5.32 Å². The lowest BCUT2D eigenvalue weighted by Crippen LogP contribution is -2.53. The highest BCUT2D eigenvalue weighted by Gasteiger charge is 2.43. The standard InChI is InChI=1S/C24H37N3O2/c1-24(19-7-3-2-4-8-19)14-6-5-9-22(24)26-23(28)25-20-10-12-21(13-11-20)27-15-17-29-18-16-27/h10-13,19,22H,2-9,14-18H2,1H3,(H2,25,26,28). The molecule has 0 bridgehead atoms. The van der Waals surface area contributed by atoms with Crippen LogP contribution in [0.4, 0.5) is 16.2 Å². The Bertz CT molecular complexity index is 665. The first kappa shape index (κ1) is 20.5. The van der Waals surface area contributed by atoms with Crippen LogP contribution in [-0.2, 0) is 4.74 Å². The Morgan fingerprint density at radius 1 is 1.00 bits per heavy atom. The summed E-state index contributed by atoms with van der Waals surface area (Å²) in [6.45, 7) is 5.85. The Labute approximate surface area is 175 Å². The summed E-state index contributed by atoms with van der Waals surface area (Å²) in [6.07, 6.45) is 11.6. The molecule has 2 unspecified atom stereocenters. The van der Waals surface area contributed by atoms with Gasteiger partial charge in [0.1, 0.15) is 0 Å². The average molecular weight is 400 g/mol. The van der Waals surface area contributed by atoms with Crippen LogP contribution < -0.4 is 15.5 Å². The summed E-state index contributed by atoms with van der Waals surface area (Å²) in [4.78, 5) is 15.1. The summed E-state index contributed by atoms with van der Waals surface area (Å²) in [5.74, 6) is 0.759. The van der Waals surface area contributed by atoms with Crippen molar-refractivity contribution in [3.8, 4) is 0 Å². The smallest absolute Gasteiger partial charge is 0.319 e. The molecule has 2 saturated carbocycles. The van der Waals surface area contributed by atoms with Gasteiger partial charge in [0, 0.05) is 30.5 Å². The van der Waals surface area contributed by atoms with E-state index in [4.69, 9.17) is 4.74 Å². The van der Waals surface area contributed by atoms with E-state index in [9.17, 15) is 4.79 Å².